The maximum absolute atomic E-state index is 12.0. The zero-order valence-electron chi connectivity index (χ0n) is 14.8. The fourth-order valence-electron chi connectivity index (χ4n) is 2.44. The van der Waals surface area contributed by atoms with Crippen LogP contribution in [0.3, 0.4) is 0 Å². The molecule has 2 aromatic carbocycles. The van der Waals surface area contributed by atoms with Gasteiger partial charge in [-0.05, 0) is 30.2 Å². The molecule has 6 heteroatoms. The van der Waals surface area contributed by atoms with E-state index in [1.807, 2.05) is 30.3 Å². The molecule has 134 valence electrons. The lowest BCUT2D eigenvalue weighted by molar-refractivity contribution is -0.119. The molecule has 6 nitrogen and oxygen atoms in total. The molecule has 2 rings (SSSR count). The standard InChI is InChI=1S/C19H24N2O4/c1-23-16-7-5-4-6-14(16)10-11-20-19(22)13-21-15-8-9-17(24-2)18(12-15)25-3/h4-9,12,21H,10-11,13H2,1-3H3,(H,20,22). The number of methoxy groups -OCH3 is 3. The van der Waals surface area contributed by atoms with Gasteiger partial charge >= 0.3 is 0 Å². The number of carbonyl (C=O) groups excluding carboxylic acids is 1. The minimum absolute atomic E-state index is 0.0790. The Morgan fingerprint density at radius 2 is 1.64 bits per heavy atom. The van der Waals surface area contributed by atoms with E-state index in [4.69, 9.17) is 14.2 Å². The summed E-state index contributed by atoms with van der Waals surface area (Å²) in [5, 5.41) is 5.96. The van der Waals surface area contributed by atoms with Crippen LogP contribution in [0.15, 0.2) is 42.5 Å². The second-order valence-corrected chi connectivity index (χ2v) is 5.34. The monoisotopic (exact) mass is 344 g/mol. The number of hydrogen-bond donors (Lipinski definition) is 2. The molecule has 0 aliphatic rings. The summed E-state index contributed by atoms with van der Waals surface area (Å²) in [5.41, 5.74) is 1.86. The van der Waals surface area contributed by atoms with Crippen LogP contribution in [-0.2, 0) is 11.2 Å². The topological polar surface area (TPSA) is 68.8 Å². The molecule has 0 saturated heterocycles. The predicted octanol–water partition coefficient (Wildman–Crippen LogP) is 2.48. The van der Waals surface area contributed by atoms with Crippen LogP contribution in [0.25, 0.3) is 0 Å². The molecule has 2 aromatic rings. The molecular formula is C19H24N2O4. The number of amides is 1. The van der Waals surface area contributed by atoms with Gasteiger partial charge in [0.1, 0.15) is 5.75 Å². The second kappa shape index (κ2) is 9.42. The van der Waals surface area contributed by atoms with E-state index in [1.54, 1.807) is 33.5 Å². The van der Waals surface area contributed by atoms with E-state index in [2.05, 4.69) is 10.6 Å². The van der Waals surface area contributed by atoms with E-state index in [9.17, 15) is 4.79 Å². The number of para-hydroxylation sites is 1. The highest BCUT2D eigenvalue weighted by molar-refractivity contribution is 5.80. The number of benzene rings is 2. The minimum Gasteiger partial charge on any atom is -0.496 e. The van der Waals surface area contributed by atoms with E-state index in [0.29, 0.717) is 24.5 Å². The quantitative estimate of drug-likeness (QED) is 0.731. The van der Waals surface area contributed by atoms with Gasteiger partial charge in [0.2, 0.25) is 5.91 Å². The fourth-order valence-corrected chi connectivity index (χ4v) is 2.44. The molecular weight excluding hydrogens is 320 g/mol. The maximum atomic E-state index is 12.0. The van der Waals surface area contributed by atoms with E-state index in [1.165, 1.54) is 0 Å². The summed E-state index contributed by atoms with van der Waals surface area (Å²) in [6.45, 7) is 0.730. The Bertz CT molecular complexity index is 704. The molecule has 0 unspecified atom stereocenters. The Labute approximate surface area is 148 Å². The highest BCUT2D eigenvalue weighted by Gasteiger charge is 2.07. The van der Waals surface area contributed by atoms with Gasteiger partial charge in [-0.15, -0.1) is 0 Å². The van der Waals surface area contributed by atoms with Crippen LogP contribution in [0.1, 0.15) is 5.56 Å². The highest BCUT2D eigenvalue weighted by atomic mass is 16.5. The summed E-state index contributed by atoms with van der Waals surface area (Å²) in [6, 6.07) is 13.2. The molecule has 0 bridgehead atoms. The largest absolute Gasteiger partial charge is 0.496 e. The Morgan fingerprint density at radius 3 is 2.36 bits per heavy atom. The lowest BCUT2D eigenvalue weighted by atomic mass is 10.1. The van der Waals surface area contributed by atoms with Crippen molar-refractivity contribution in [3.05, 3.63) is 48.0 Å². The van der Waals surface area contributed by atoms with Gasteiger partial charge in [-0.1, -0.05) is 18.2 Å². The summed E-state index contributed by atoms with van der Waals surface area (Å²) >= 11 is 0. The van der Waals surface area contributed by atoms with E-state index in [-0.39, 0.29) is 12.5 Å². The first-order valence-electron chi connectivity index (χ1n) is 8.02. The molecule has 1 amide bonds. The Kier molecular flexibility index (Phi) is 6.95. The number of ether oxygens (including phenoxy) is 3. The van der Waals surface area contributed by atoms with Crippen molar-refractivity contribution in [3.8, 4) is 17.2 Å². The third-order valence-corrected chi connectivity index (χ3v) is 3.75. The van der Waals surface area contributed by atoms with E-state index in [0.717, 1.165) is 17.0 Å². The summed E-state index contributed by atoms with van der Waals surface area (Å²) in [6.07, 6.45) is 0.714. The van der Waals surface area contributed by atoms with E-state index < -0.39 is 0 Å². The predicted molar refractivity (Wildman–Crippen MR) is 97.7 cm³/mol. The van der Waals surface area contributed by atoms with Gasteiger partial charge in [-0.25, -0.2) is 0 Å². The van der Waals surface area contributed by atoms with Gasteiger partial charge in [0.05, 0.1) is 27.9 Å². The minimum atomic E-state index is -0.0790. The Hall–Kier alpha value is -2.89. The smallest absolute Gasteiger partial charge is 0.239 e. The zero-order valence-corrected chi connectivity index (χ0v) is 14.8. The number of hydrogen-bond acceptors (Lipinski definition) is 5. The summed E-state index contributed by atoms with van der Waals surface area (Å²) in [5.74, 6) is 2.02. The second-order valence-electron chi connectivity index (χ2n) is 5.34. The van der Waals surface area contributed by atoms with Crippen molar-refractivity contribution in [2.24, 2.45) is 0 Å². The fraction of sp³-hybridized carbons (Fsp3) is 0.316. The first-order chi connectivity index (χ1) is 12.2. The van der Waals surface area contributed by atoms with Gasteiger partial charge in [-0.3, -0.25) is 4.79 Å². The third kappa shape index (κ3) is 5.31. The van der Waals surface area contributed by atoms with Gasteiger partial charge in [-0.2, -0.15) is 0 Å². The van der Waals surface area contributed by atoms with Crippen molar-refractivity contribution in [2.45, 2.75) is 6.42 Å². The summed E-state index contributed by atoms with van der Waals surface area (Å²) < 4.78 is 15.7. The van der Waals surface area contributed by atoms with Crippen molar-refractivity contribution in [2.75, 3.05) is 39.7 Å². The van der Waals surface area contributed by atoms with Crippen molar-refractivity contribution >= 4 is 11.6 Å². The molecule has 2 N–H and O–H groups in total. The lowest BCUT2D eigenvalue weighted by Gasteiger charge is -2.12. The average molecular weight is 344 g/mol. The Morgan fingerprint density at radius 1 is 0.920 bits per heavy atom. The molecule has 0 heterocycles. The molecule has 0 spiro atoms. The normalized spacial score (nSPS) is 10.0. The molecule has 0 radical (unpaired) electrons. The van der Waals surface area contributed by atoms with Crippen LogP contribution in [0.5, 0.6) is 17.2 Å². The third-order valence-electron chi connectivity index (χ3n) is 3.75. The van der Waals surface area contributed by atoms with Crippen molar-refractivity contribution < 1.29 is 19.0 Å². The molecule has 0 aliphatic carbocycles. The average Bonchev–Trinajstić information content (AvgIpc) is 2.66. The van der Waals surface area contributed by atoms with Crippen LogP contribution < -0.4 is 24.8 Å². The number of anilines is 1. The SMILES string of the molecule is COc1ccccc1CCNC(=O)CNc1ccc(OC)c(OC)c1. The first kappa shape index (κ1) is 18.4. The van der Waals surface area contributed by atoms with Gasteiger partial charge in [0, 0.05) is 18.3 Å². The van der Waals surface area contributed by atoms with Crippen molar-refractivity contribution in [3.63, 3.8) is 0 Å². The number of nitrogens with one attached hydrogen (secondary N) is 2. The molecule has 0 atom stereocenters. The molecule has 25 heavy (non-hydrogen) atoms. The van der Waals surface area contributed by atoms with E-state index >= 15 is 0 Å². The Balaban J connectivity index is 1.79. The van der Waals surface area contributed by atoms with Crippen LogP contribution in [0, 0.1) is 0 Å². The van der Waals surface area contributed by atoms with Crippen LogP contribution >= 0.6 is 0 Å². The van der Waals surface area contributed by atoms with Crippen LogP contribution in [-0.4, -0.2) is 40.3 Å². The maximum Gasteiger partial charge on any atom is 0.239 e. The molecule has 0 fully saturated rings. The molecule has 0 saturated carbocycles. The van der Waals surface area contributed by atoms with Gasteiger partial charge < -0.3 is 24.8 Å². The molecule has 0 aliphatic heterocycles. The van der Waals surface area contributed by atoms with Crippen molar-refractivity contribution in [1.82, 2.24) is 5.32 Å². The molecule has 0 aromatic heterocycles. The van der Waals surface area contributed by atoms with Crippen LogP contribution in [0.4, 0.5) is 5.69 Å². The van der Waals surface area contributed by atoms with Gasteiger partial charge in [0.25, 0.3) is 0 Å². The highest BCUT2D eigenvalue weighted by Crippen LogP contribution is 2.29. The lowest BCUT2D eigenvalue weighted by Crippen LogP contribution is -2.31. The van der Waals surface area contributed by atoms with Crippen molar-refractivity contribution in [1.29, 1.82) is 0 Å². The number of rotatable bonds is 9. The zero-order chi connectivity index (χ0) is 18.1. The number of carbonyl (C=O) groups is 1. The van der Waals surface area contributed by atoms with Gasteiger partial charge in [0.15, 0.2) is 11.5 Å². The summed E-state index contributed by atoms with van der Waals surface area (Å²) in [4.78, 5) is 12.0. The summed E-state index contributed by atoms with van der Waals surface area (Å²) in [7, 11) is 4.80. The van der Waals surface area contributed by atoms with Crippen LogP contribution in [0.2, 0.25) is 0 Å². The first-order valence-corrected chi connectivity index (χ1v) is 8.02.